The normalized spacial score (nSPS) is 18.4. The van der Waals surface area contributed by atoms with Crippen molar-refractivity contribution in [1.82, 2.24) is 10.6 Å². The van der Waals surface area contributed by atoms with Crippen LogP contribution in [0, 0.1) is 0 Å². The van der Waals surface area contributed by atoms with Crippen LogP contribution in [0.15, 0.2) is 24.3 Å². The van der Waals surface area contributed by atoms with E-state index in [9.17, 15) is 4.79 Å². The van der Waals surface area contributed by atoms with Crippen molar-refractivity contribution in [2.45, 2.75) is 44.6 Å². The molecule has 0 saturated carbocycles. The van der Waals surface area contributed by atoms with Crippen LogP contribution >= 0.6 is 11.6 Å². The smallest absolute Gasteiger partial charge is 0.236 e. The Morgan fingerprint density at radius 2 is 2.13 bits per heavy atom. The Labute approximate surface area is 143 Å². The maximum atomic E-state index is 12.1. The Balaban J connectivity index is 2.06. The fourth-order valence-electron chi connectivity index (χ4n) is 2.99. The van der Waals surface area contributed by atoms with Crippen molar-refractivity contribution >= 4 is 17.5 Å². The van der Waals surface area contributed by atoms with Gasteiger partial charge >= 0.3 is 0 Å². The SMILES string of the molecule is CCCNC(=O)C(C)NCC1(c2cccc(Cl)c2)CCOCC1. The van der Waals surface area contributed by atoms with Crippen LogP contribution in [0.4, 0.5) is 0 Å². The summed E-state index contributed by atoms with van der Waals surface area (Å²) in [4.78, 5) is 12.1. The van der Waals surface area contributed by atoms with Crippen molar-refractivity contribution in [3.05, 3.63) is 34.9 Å². The van der Waals surface area contributed by atoms with E-state index in [1.807, 2.05) is 25.1 Å². The first-order valence-corrected chi connectivity index (χ1v) is 8.80. The third kappa shape index (κ3) is 4.93. The molecule has 0 radical (unpaired) electrons. The molecule has 128 valence electrons. The Kier molecular flexibility index (Phi) is 6.88. The van der Waals surface area contributed by atoms with Crippen LogP contribution < -0.4 is 10.6 Å². The number of ether oxygens (including phenoxy) is 1. The number of carbonyl (C=O) groups is 1. The molecule has 1 unspecified atom stereocenters. The topological polar surface area (TPSA) is 50.4 Å². The molecule has 1 aliphatic heterocycles. The highest BCUT2D eigenvalue weighted by atomic mass is 35.5. The second-order valence-corrected chi connectivity index (χ2v) is 6.73. The molecule has 0 aliphatic carbocycles. The van der Waals surface area contributed by atoms with Gasteiger partial charge in [-0.2, -0.15) is 0 Å². The van der Waals surface area contributed by atoms with Gasteiger partial charge < -0.3 is 15.4 Å². The average molecular weight is 339 g/mol. The van der Waals surface area contributed by atoms with Crippen LogP contribution in [0.25, 0.3) is 0 Å². The maximum absolute atomic E-state index is 12.1. The van der Waals surface area contributed by atoms with Crippen LogP contribution in [-0.4, -0.2) is 38.3 Å². The summed E-state index contributed by atoms with van der Waals surface area (Å²) in [5, 5.41) is 7.10. The summed E-state index contributed by atoms with van der Waals surface area (Å²) in [5.74, 6) is 0.0557. The third-order valence-electron chi connectivity index (χ3n) is 4.58. The lowest BCUT2D eigenvalue weighted by Crippen LogP contribution is -2.49. The second-order valence-electron chi connectivity index (χ2n) is 6.30. The first-order chi connectivity index (χ1) is 11.1. The lowest BCUT2D eigenvalue weighted by Gasteiger charge is -2.38. The van der Waals surface area contributed by atoms with Crippen LogP contribution in [0.1, 0.15) is 38.7 Å². The van der Waals surface area contributed by atoms with Crippen LogP contribution in [0.5, 0.6) is 0 Å². The molecule has 1 aromatic rings. The number of benzene rings is 1. The molecule has 1 aromatic carbocycles. The first kappa shape index (κ1) is 18.2. The molecule has 1 fully saturated rings. The molecule has 23 heavy (non-hydrogen) atoms. The molecule has 1 atom stereocenters. The van der Waals surface area contributed by atoms with Gasteiger partial charge in [0.2, 0.25) is 5.91 Å². The summed E-state index contributed by atoms with van der Waals surface area (Å²) in [6, 6.07) is 7.84. The van der Waals surface area contributed by atoms with E-state index < -0.39 is 0 Å². The standard InChI is InChI=1S/C18H27ClN2O2/c1-3-9-20-17(22)14(2)21-13-18(7-10-23-11-8-18)15-5-4-6-16(19)12-15/h4-6,12,14,21H,3,7-11,13H2,1-2H3,(H,20,22). The van der Waals surface area contributed by atoms with Crippen molar-refractivity contribution < 1.29 is 9.53 Å². The van der Waals surface area contributed by atoms with E-state index in [1.165, 1.54) is 5.56 Å². The molecule has 2 rings (SSSR count). The van der Waals surface area contributed by atoms with E-state index in [4.69, 9.17) is 16.3 Å². The Hall–Kier alpha value is -1.10. The molecule has 0 aromatic heterocycles. The van der Waals surface area contributed by atoms with Gasteiger partial charge in [0.15, 0.2) is 0 Å². The third-order valence-corrected chi connectivity index (χ3v) is 4.81. The zero-order valence-electron chi connectivity index (χ0n) is 14.0. The lowest BCUT2D eigenvalue weighted by molar-refractivity contribution is -0.122. The number of nitrogens with one attached hydrogen (secondary N) is 2. The lowest BCUT2D eigenvalue weighted by atomic mass is 9.74. The summed E-state index contributed by atoms with van der Waals surface area (Å²) in [7, 11) is 0. The Morgan fingerprint density at radius 3 is 2.78 bits per heavy atom. The molecule has 1 aliphatic rings. The second kappa shape index (κ2) is 8.67. The number of carbonyl (C=O) groups excluding carboxylic acids is 1. The van der Waals surface area contributed by atoms with Crippen LogP contribution in [0.3, 0.4) is 0 Å². The van der Waals surface area contributed by atoms with E-state index in [2.05, 4.69) is 23.6 Å². The summed E-state index contributed by atoms with van der Waals surface area (Å²) < 4.78 is 5.54. The summed E-state index contributed by atoms with van der Waals surface area (Å²) in [6.07, 6.45) is 2.82. The first-order valence-electron chi connectivity index (χ1n) is 8.42. The predicted octanol–water partition coefficient (Wildman–Crippen LogP) is 2.89. The van der Waals surface area contributed by atoms with E-state index in [1.54, 1.807) is 0 Å². The summed E-state index contributed by atoms with van der Waals surface area (Å²) in [6.45, 7) is 6.91. The summed E-state index contributed by atoms with van der Waals surface area (Å²) in [5.41, 5.74) is 1.20. The van der Waals surface area contributed by atoms with Gasteiger partial charge in [0, 0.05) is 36.7 Å². The molecule has 1 amide bonds. The van der Waals surface area contributed by atoms with Gasteiger partial charge in [-0.1, -0.05) is 30.7 Å². The highest BCUT2D eigenvalue weighted by Crippen LogP contribution is 2.35. The molecule has 1 saturated heterocycles. The Morgan fingerprint density at radius 1 is 1.39 bits per heavy atom. The van der Waals surface area contributed by atoms with E-state index in [0.717, 1.165) is 50.6 Å². The van der Waals surface area contributed by atoms with Gasteiger partial charge in [0.1, 0.15) is 0 Å². The minimum atomic E-state index is -0.208. The quantitative estimate of drug-likeness (QED) is 0.803. The van der Waals surface area contributed by atoms with Gasteiger partial charge in [0.25, 0.3) is 0 Å². The average Bonchev–Trinajstić information content (AvgIpc) is 2.58. The number of rotatable bonds is 7. The fourth-order valence-corrected chi connectivity index (χ4v) is 3.18. The van der Waals surface area contributed by atoms with Crippen molar-refractivity contribution in [1.29, 1.82) is 0 Å². The van der Waals surface area contributed by atoms with E-state index in [-0.39, 0.29) is 17.4 Å². The van der Waals surface area contributed by atoms with Crippen molar-refractivity contribution in [2.24, 2.45) is 0 Å². The monoisotopic (exact) mass is 338 g/mol. The van der Waals surface area contributed by atoms with Gasteiger partial charge in [-0.05, 0) is 43.9 Å². The Bertz CT molecular complexity index is 515. The van der Waals surface area contributed by atoms with Crippen molar-refractivity contribution in [2.75, 3.05) is 26.3 Å². The largest absolute Gasteiger partial charge is 0.381 e. The van der Waals surface area contributed by atoms with E-state index in [0.29, 0.717) is 0 Å². The molecule has 5 heteroatoms. The van der Waals surface area contributed by atoms with E-state index >= 15 is 0 Å². The number of halogens is 1. The highest BCUT2D eigenvalue weighted by Gasteiger charge is 2.35. The van der Waals surface area contributed by atoms with Gasteiger partial charge in [-0.3, -0.25) is 4.79 Å². The molecule has 1 heterocycles. The molecular weight excluding hydrogens is 312 g/mol. The highest BCUT2D eigenvalue weighted by molar-refractivity contribution is 6.30. The number of amides is 1. The van der Waals surface area contributed by atoms with Crippen LogP contribution in [0.2, 0.25) is 5.02 Å². The fraction of sp³-hybridized carbons (Fsp3) is 0.611. The van der Waals surface area contributed by atoms with Crippen molar-refractivity contribution in [3.8, 4) is 0 Å². The molecule has 0 spiro atoms. The number of hydrogen-bond donors (Lipinski definition) is 2. The molecule has 2 N–H and O–H groups in total. The summed E-state index contributed by atoms with van der Waals surface area (Å²) >= 11 is 6.18. The van der Waals surface area contributed by atoms with Crippen molar-refractivity contribution in [3.63, 3.8) is 0 Å². The van der Waals surface area contributed by atoms with Crippen LogP contribution in [-0.2, 0) is 14.9 Å². The molecule has 4 nitrogen and oxygen atoms in total. The zero-order chi connectivity index (χ0) is 16.7. The zero-order valence-corrected chi connectivity index (χ0v) is 14.8. The minimum absolute atomic E-state index is 0.0254. The van der Waals surface area contributed by atoms with Gasteiger partial charge in [-0.25, -0.2) is 0 Å². The molecule has 0 bridgehead atoms. The van der Waals surface area contributed by atoms with Gasteiger partial charge in [-0.15, -0.1) is 0 Å². The predicted molar refractivity (Wildman–Crippen MR) is 93.9 cm³/mol. The molecular formula is C18H27ClN2O2. The maximum Gasteiger partial charge on any atom is 0.236 e. The number of hydrogen-bond acceptors (Lipinski definition) is 3. The minimum Gasteiger partial charge on any atom is -0.381 e. The van der Waals surface area contributed by atoms with Gasteiger partial charge in [0.05, 0.1) is 6.04 Å².